The van der Waals surface area contributed by atoms with Crippen molar-refractivity contribution in [2.75, 3.05) is 19.6 Å². The van der Waals surface area contributed by atoms with Crippen LogP contribution in [0, 0.1) is 5.92 Å². The highest BCUT2D eigenvalue weighted by molar-refractivity contribution is 4.98. The average molecular weight is 211 g/mol. The Morgan fingerprint density at radius 2 is 1.93 bits per heavy atom. The molecular formula is C14H29N. The van der Waals surface area contributed by atoms with Crippen molar-refractivity contribution in [2.24, 2.45) is 5.92 Å². The van der Waals surface area contributed by atoms with E-state index in [0.29, 0.717) is 0 Å². The number of nitrogens with zero attached hydrogens (tertiary/aromatic N) is 1. The van der Waals surface area contributed by atoms with Crippen LogP contribution in [0.2, 0.25) is 0 Å². The Morgan fingerprint density at radius 1 is 1.27 bits per heavy atom. The fourth-order valence-electron chi connectivity index (χ4n) is 1.64. The van der Waals surface area contributed by atoms with Crippen LogP contribution in [0.4, 0.5) is 0 Å². The molecule has 15 heavy (non-hydrogen) atoms. The third-order valence-corrected chi connectivity index (χ3v) is 3.14. The van der Waals surface area contributed by atoms with Gasteiger partial charge in [-0.05, 0) is 45.7 Å². The van der Waals surface area contributed by atoms with Gasteiger partial charge in [-0.3, -0.25) is 4.90 Å². The molecule has 0 aliphatic carbocycles. The van der Waals surface area contributed by atoms with Gasteiger partial charge in [-0.1, -0.05) is 38.8 Å². The van der Waals surface area contributed by atoms with E-state index in [1.165, 1.54) is 37.9 Å². The molecule has 0 bridgehead atoms. The van der Waals surface area contributed by atoms with Crippen molar-refractivity contribution >= 4 is 0 Å². The lowest BCUT2D eigenvalue weighted by molar-refractivity contribution is 0.272. The maximum Gasteiger partial charge on any atom is 0.0189 e. The minimum absolute atomic E-state index is 0.871. The predicted octanol–water partition coefficient (Wildman–Crippen LogP) is 4.10. The maximum atomic E-state index is 2.58. The van der Waals surface area contributed by atoms with Crippen molar-refractivity contribution in [1.29, 1.82) is 0 Å². The van der Waals surface area contributed by atoms with Gasteiger partial charge >= 0.3 is 0 Å². The summed E-state index contributed by atoms with van der Waals surface area (Å²) < 4.78 is 0. The largest absolute Gasteiger partial charge is 0.299 e. The zero-order valence-corrected chi connectivity index (χ0v) is 11.3. The molecule has 0 saturated heterocycles. The lowest BCUT2D eigenvalue weighted by Crippen LogP contribution is -2.28. The Balaban J connectivity index is 3.92. The van der Waals surface area contributed by atoms with Gasteiger partial charge in [-0.2, -0.15) is 0 Å². The molecule has 0 N–H and O–H groups in total. The molecule has 0 amide bonds. The summed E-state index contributed by atoms with van der Waals surface area (Å²) in [4.78, 5) is 2.58. The second-order valence-electron chi connectivity index (χ2n) is 4.71. The topological polar surface area (TPSA) is 3.24 Å². The van der Waals surface area contributed by atoms with E-state index in [2.05, 4.69) is 45.6 Å². The van der Waals surface area contributed by atoms with Gasteiger partial charge in [0, 0.05) is 6.54 Å². The van der Waals surface area contributed by atoms with Crippen molar-refractivity contribution in [2.45, 2.75) is 53.9 Å². The fraction of sp³-hybridized carbons (Fsp3) is 0.857. The highest BCUT2D eigenvalue weighted by Gasteiger charge is 2.06. The minimum atomic E-state index is 0.871. The summed E-state index contributed by atoms with van der Waals surface area (Å²) in [5, 5.41) is 0. The first kappa shape index (κ1) is 14.7. The van der Waals surface area contributed by atoms with Crippen LogP contribution >= 0.6 is 0 Å². The molecule has 0 heterocycles. The summed E-state index contributed by atoms with van der Waals surface area (Å²) in [6.07, 6.45) is 6.14. The maximum absolute atomic E-state index is 2.58. The van der Waals surface area contributed by atoms with Crippen molar-refractivity contribution in [1.82, 2.24) is 4.90 Å². The van der Waals surface area contributed by atoms with E-state index < -0.39 is 0 Å². The molecule has 1 atom stereocenters. The quantitative estimate of drug-likeness (QED) is 0.546. The lowest BCUT2D eigenvalue weighted by atomic mass is 10.0. The van der Waals surface area contributed by atoms with Crippen molar-refractivity contribution < 1.29 is 0 Å². The molecule has 90 valence electrons. The van der Waals surface area contributed by atoms with Crippen molar-refractivity contribution in [3.8, 4) is 0 Å². The van der Waals surface area contributed by atoms with Gasteiger partial charge in [0.25, 0.3) is 0 Å². The molecule has 0 aromatic heterocycles. The van der Waals surface area contributed by atoms with E-state index in [-0.39, 0.29) is 0 Å². The van der Waals surface area contributed by atoms with Crippen LogP contribution in [0.1, 0.15) is 53.9 Å². The molecule has 0 aromatic rings. The summed E-state index contributed by atoms with van der Waals surface area (Å²) in [7, 11) is 0. The Morgan fingerprint density at radius 3 is 2.40 bits per heavy atom. The molecule has 0 aliphatic rings. The van der Waals surface area contributed by atoms with Crippen LogP contribution in [0.25, 0.3) is 0 Å². The summed E-state index contributed by atoms with van der Waals surface area (Å²) in [5.41, 5.74) is 1.49. The van der Waals surface area contributed by atoms with E-state index in [0.717, 1.165) is 12.5 Å². The summed E-state index contributed by atoms with van der Waals surface area (Å²) >= 11 is 0. The Labute approximate surface area is 96.6 Å². The van der Waals surface area contributed by atoms with Crippen LogP contribution in [0.5, 0.6) is 0 Å². The zero-order valence-electron chi connectivity index (χ0n) is 11.3. The third-order valence-electron chi connectivity index (χ3n) is 3.14. The average Bonchev–Trinajstić information content (AvgIpc) is 2.25. The number of hydrogen-bond donors (Lipinski definition) is 0. The van der Waals surface area contributed by atoms with Crippen LogP contribution in [0.15, 0.2) is 11.6 Å². The fourth-order valence-corrected chi connectivity index (χ4v) is 1.64. The molecule has 0 fully saturated rings. The highest BCUT2D eigenvalue weighted by atomic mass is 15.1. The van der Waals surface area contributed by atoms with Crippen molar-refractivity contribution in [3.63, 3.8) is 0 Å². The smallest absolute Gasteiger partial charge is 0.0189 e. The van der Waals surface area contributed by atoms with Crippen LogP contribution in [0.3, 0.4) is 0 Å². The third kappa shape index (κ3) is 7.61. The summed E-state index contributed by atoms with van der Waals surface area (Å²) in [6.45, 7) is 14.9. The Hall–Kier alpha value is -0.300. The standard InChI is InChI=1S/C14H29N/c1-6-10-15(12-14(5)8-3)11-9-13(4)7-2/h8,13H,6-7,9-12H2,1-5H3/b14-8+/t13-/m1/s1. The van der Waals surface area contributed by atoms with Gasteiger partial charge in [0.15, 0.2) is 0 Å². The lowest BCUT2D eigenvalue weighted by Gasteiger charge is -2.23. The van der Waals surface area contributed by atoms with E-state index in [1.807, 2.05) is 0 Å². The van der Waals surface area contributed by atoms with E-state index >= 15 is 0 Å². The number of hydrogen-bond acceptors (Lipinski definition) is 1. The van der Waals surface area contributed by atoms with Crippen LogP contribution in [-0.2, 0) is 0 Å². The number of allylic oxidation sites excluding steroid dienone is 1. The molecule has 0 rings (SSSR count). The van der Waals surface area contributed by atoms with Gasteiger partial charge in [0.2, 0.25) is 0 Å². The van der Waals surface area contributed by atoms with Crippen LogP contribution < -0.4 is 0 Å². The molecule has 0 saturated carbocycles. The molecular weight excluding hydrogens is 182 g/mol. The molecule has 1 nitrogen and oxygen atoms in total. The van der Waals surface area contributed by atoms with E-state index in [9.17, 15) is 0 Å². The number of rotatable bonds is 8. The monoisotopic (exact) mass is 211 g/mol. The minimum Gasteiger partial charge on any atom is -0.299 e. The molecule has 1 heteroatoms. The van der Waals surface area contributed by atoms with Crippen molar-refractivity contribution in [3.05, 3.63) is 11.6 Å². The predicted molar refractivity (Wildman–Crippen MR) is 70.2 cm³/mol. The summed E-state index contributed by atoms with van der Waals surface area (Å²) in [6, 6.07) is 0. The molecule has 0 radical (unpaired) electrons. The Kier molecular flexibility index (Phi) is 8.79. The molecule has 0 unspecified atom stereocenters. The first-order valence-electron chi connectivity index (χ1n) is 6.48. The Bertz CT molecular complexity index is 172. The first-order valence-corrected chi connectivity index (χ1v) is 6.48. The highest BCUT2D eigenvalue weighted by Crippen LogP contribution is 2.09. The van der Waals surface area contributed by atoms with E-state index in [1.54, 1.807) is 0 Å². The van der Waals surface area contributed by atoms with Gasteiger partial charge < -0.3 is 0 Å². The van der Waals surface area contributed by atoms with Gasteiger partial charge in [-0.15, -0.1) is 0 Å². The molecule has 0 aliphatic heterocycles. The second-order valence-corrected chi connectivity index (χ2v) is 4.71. The SMILES string of the molecule is C/C=C(\C)CN(CCC)CC[C@H](C)CC. The van der Waals surface area contributed by atoms with Gasteiger partial charge in [0.05, 0.1) is 0 Å². The van der Waals surface area contributed by atoms with Gasteiger partial charge in [0.1, 0.15) is 0 Å². The van der Waals surface area contributed by atoms with E-state index in [4.69, 9.17) is 0 Å². The normalized spacial score (nSPS) is 14.7. The first-order chi connectivity index (χ1) is 7.13. The molecule has 0 aromatic carbocycles. The van der Waals surface area contributed by atoms with Gasteiger partial charge in [-0.25, -0.2) is 0 Å². The van der Waals surface area contributed by atoms with Crippen LogP contribution in [-0.4, -0.2) is 24.5 Å². The molecule has 0 spiro atoms. The summed E-state index contributed by atoms with van der Waals surface area (Å²) in [5.74, 6) is 0.871. The second kappa shape index (κ2) is 8.96. The zero-order chi connectivity index (χ0) is 11.7.